The summed E-state index contributed by atoms with van der Waals surface area (Å²) in [6.45, 7) is 11.6. The zero-order valence-corrected chi connectivity index (χ0v) is 29.6. The quantitative estimate of drug-likeness (QED) is 0.0731. The fourth-order valence-corrected chi connectivity index (χ4v) is 6.26. The molecular weight excluding hydrogens is 516 g/mol. The summed E-state index contributed by atoms with van der Waals surface area (Å²) < 4.78 is 12.2. The highest BCUT2D eigenvalue weighted by atomic mass is 16.5. The van der Waals surface area contributed by atoms with Crippen LogP contribution < -0.4 is 0 Å². The minimum Gasteiger partial charge on any atom is -0.388 e. The van der Waals surface area contributed by atoms with Crippen LogP contribution in [0.3, 0.4) is 0 Å². The molecule has 42 heavy (non-hydrogen) atoms. The van der Waals surface area contributed by atoms with Crippen molar-refractivity contribution in [3.8, 4) is 0 Å². The Balaban J connectivity index is 4.34. The predicted octanol–water partition coefficient (Wildman–Crippen LogP) is 12.6. The van der Waals surface area contributed by atoms with E-state index >= 15 is 0 Å². The average Bonchev–Trinajstić information content (AvgIpc) is 2.99. The standard InChI is InChI=1S/C39H80O3/c1-5-9-13-17-21-25-29-37(30-26-22-18-14-10-6-2)33-41-35-39(40)36-42-34-38(31-27-23-19-15-11-7-3)32-28-24-20-16-12-8-4/h37-40H,5-36H2,1-4H3. The Morgan fingerprint density at radius 2 is 0.571 bits per heavy atom. The normalized spacial score (nSPS) is 12.0. The lowest BCUT2D eigenvalue weighted by Crippen LogP contribution is -2.25. The zero-order chi connectivity index (χ0) is 30.8. The molecule has 0 aliphatic heterocycles. The summed E-state index contributed by atoms with van der Waals surface area (Å²) in [6.07, 6.45) is 37.3. The molecule has 3 heteroatoms. The van der Waals surface area contributed by atoms with E-state index in [1.54, 1.807) is 0 Å². The molecule has 254 valence electrons. The van der Waals surface area contributed by atoms with Gasteiger partial charge in [-0.15, -0.1) is 0 Å². The Morgan fingerprint density at radius 1 is 0.333 bits per heavy atom. The summed E-state index contributed by atoms with van der Waals surface area (Å²) in [7, 11) is 0. The van der Waals surface area contributed by atoms with Gasteiger partial charge in [-0.1, -0.05) is 182 Å². The van der Waals surface area contributed by atoms with E-state index in [0.29, 0.717) is 25.0 Å². The number of ether oxygens (including phenoxy) is 2. The Bertz CT molecular complexity index is 408. The van der Waals surface area contributed by atoms with Gasteiger partial charge in [0.25, 0.3) is 0 Å². The summed E-state index contributed by atoms with van der Waals surface area (Å²) in [5.74, 6) is 1.30. The highest BCUT2D eigenvalue weighted by Crippen LogP contribution is 2.21. The molecule has 0 aromatic carbocycles. The van der Waals surface area contributed by atoms with E-state index in [4.69, 9.17) is 9.47 Å². The van der Waals surface area contributed by atoms with Crippen LogP contribution in [0.2, 0.25) is 0 Å². The van der Waals surface area contributed by atoms with Gasteiger partial charge >= 0.3 is 0 Å². The highest BCUT2D eigenvalue weighted by Gasteiger charge is 2.14. The lowest BCUT2D eigenvalue weighted by atomic mass is 9.94. The Labute approximate surface area is 266 Å². The minimum atomic E-state index is -0.502. The van der Waals surface area contributed by atoms with Crippen molar-refractivity contribution in [2.24, 2.45) is 11.8 Å². The highest BCUT2D eigenvalue weighted by molar-refractivity contribution is 4.64. The van der Waals surface area contributed by atoms with Gasteiger partial charge in [0.1, 0.15) is 6.10 Å². The first-order chi connectivity index (χ1) is 20.7. The number of rotatable bonds is 36. The fraction of sp³-hybridized carbons (Fsp3) is 1.00. The van der Waals surface area contributed by atoms with Crippen LogP contribution in [0.1, 0.15) is 207 Å². The molecular formula is C39H80O3. The molecule has 0 spiro atoms. The van der Waals surface area contributed by atoms with Gasteiger partial charge < -0.3 is 14.6 Å². The van der Waals surface area contributed by atoms with Crippen LogP contribution in [-0.2, 0) is 9.47 Å². The van der Waals surface area contributed by atoms with Crippen molar-refractivity contribution in [1.82, 2.24) is 0 Å². The van der Waals surface area contributed by atoms with E-state index in [2.05, 4.69) is 27.7 Å². The molecule has 0 aromatic heterocycles. The largest absolute Gasteiger partial charge is 0.388 e. The van der Waals surface area contributed by atoms with Crippen molar-refractivity contribution in [1.29, 1.82) is 0 Å². The van der Waals surface area contributed by atoms with E-state index in [9.17, 15) is 5.11 Å². The van der Waals surface area contributed by atoms with Crippen LogP contribution in [0.5, 0.6) is 0 Å². The smallest absolute Gasteiger partial charge is 0.101 e. The van der Waals surface area contributed by atoms with Gasteiger partial charge in [-0.2, -0.15) is 0 Å². The molecule has 0 saturated heterocycles. The van der Waals surface area contributed by atoms with E-state index in [1.165, 1.54) is 180 Å². The topological polar surface area (TPSA) is 38.7 Å². The SMILES string of the molecule is CCCCCCCCC(CCCCCCCC)COCC(O)COCC(CCCCCCCC)CCCCCCCC. The lowest BCUT2D eigenvalue weighted by molar-refractivity contribution is -0.0349. The molecule has 0 bridgehead atoms. The van der Waals surface area contributed by atoms with Gasteiger partial charge in [-0.3, -0.25) is 0 Å². The third-order valence-electron chi connectivity index (χ3n) is 9.19. The van der Waals surface area contributed by atoms with Crippen LogP contribution >= 0.6 is 0 Å². The second kappa shape index (κ2) is 35.4. The molecule has 0 unspecified atom stereocenters. The van der Waals surface area contributed by atoms with E-state index in [1.807, 2.05) is 0 Å². The van der Waals surface area contributed by atoms with Crippen molar-refractivity contribution in [2.45, 2.75) is 214 Å². The van der Waals surface area contributed by atoms with Gasteiger partial charge in [0.2, 0.25) is 0 Å². The second-order valence-electron chi connectivity index (χ2n) is 13.7. The first kappa shape index (κ1) is 41.9. The predicted molar refractivity (Wildman–Crippen MR) is 187 cm³/mol. The van der Waals surface area contributed by atoms with Gasteiger partial charge in [0.05, 0.1) is 13.2 Å². The molecule has 0 aromatic rings. The van der Waals surface area contributed by atoms with Gasteiger partial charge in [-0.25, -0.2) is 0 Å². The van der Waals surface area contributed by atoms with Crippen LogP contribution in [0.25, 0.3) is 0 Å². The third-order valence-corrected chi connectivity index (χ3v) is 9.19. The van der Waals surface area contributed by atoms with E-state index in [0.717, 1.165) is 13.2 Å². The molecule has 1 N–H and O–H groups in total. The molecule has 0 aliphatic rings. The van der Waals surface area contributed by atoms with Gasteiger partial charge in [0, 0.05) is 13.2 Å². The molecule has 0 heterocycles. The molecule has 0 saturated carbocycles. The molecule has 0 radical (unpaired) electrons. The maximum absolute atomic E-state index is 10.6. The van der Waals surface area contributed by atoms with Crippen molar-refractivity contribution >= 4 is 0 Å². The first-order valence-corrected chi connectivity index (χ1v) is 19.5. The summed E-state index contributed by atoms with van der Waals surface area (Å²) in [6, 6.07) is 0. The summed E-state index contributed by atoms with van der Waals surface area (Å²) >= 11 is 0. The fourth-order valence-electron chi connectivity index (χ4n) is 6.26. The maximum atomic E-state index is 10.6. The van der Waals surface area contributed by atoms with Gasteiger partial charge in [0.15, 0.2) is 0 Å². The Hall–Kier alpha value is -0.120. The first-order valence-electron chi connectivity index (χ1n) is 19.5. The second-order valence-corrected chi connectivity index (χ2v) is 13.7. The molecule has 0 aliphatic carbocycles. The van der Waals surface area contributed by atoms with Crippen LogP contribution in [-0.4, -0.2) is 37.6 Å². The summed E-state index contributed by atoms with van der Waals surface area (Å²) in [4.78, 5) is 0. The monoisotopic (exact) mass is 597 g/mol. The lowest BCUT2D eigenvalue weighted by Gasteiger charge is -2.20. The summed E-state index contributed by atoms with van der Waals surface area (Å²) in [5.41, 5.74) is 0. The van der Waals surface area contributed by atoms with E-state index < -0.39 is 6.10 Å². The molecule has 0 amide bonds. The van der Waals surface area contributed by atoms with Crippen LogP contribution in [0.4, 0.5) is 0 Å². The molecule has 3 nitrogen and oxygen atoms in total. The third kappa shape index (κ3) is 31.3. The van der Waals surface area contributed by atoms with Crippen LogP contribution in [0, 0.1) is 11.8 Å². The molecule has 0 rings (SSSR count). The molecule has 0 fully saturated rings. The van der Waals surface area contributed by atoms with Crippen molar-refractivity contribution in [3.05, 3.63) is 0 Å². The van der Waals surface area contributed by atoms with Crippen LogP contribution in [0.15, 0.2) is 0 Å². The number of aliphatic hydroxyl groups is 1. The summed E-state index contributed by atoms with van der Waals surface area (Å²) in [5, 5.41) is 10.6. The molecule has 0 atom stereocenters. The number of hydrogen-bond donors (Lipinski definition) is 1. The average molecular weight is 597 g/mol. The number of hydrogen-bond acceptors (Lipinski definition) is 3. The zero-order valence-electron chi connectivity index (χ0n) is 29.6. The Morgan fingerprint density at radius 3 is 0.833 bits per heavy atom. The van der Waals surface area contributed by atoms with Crippen molar-refractivity contribution in [2.75, 3.05) is 26.4 Å². The maximum Gasteiger partial charge on any atom is 0.101 e. The van der Waals surface area contributed by atoms with Gasteiger partial charge in [-0.05, 0) is 37.5 Å². The number of unbranched alkanes of at least 4 members (excludes halogenated alkanes) is 20. The Kier molecular flexibility index (Phi) is 35.3. The van der Waals surface area contributed by atoms with Crippen molar-refractivity contribution < 1.29 is 14.6 Å². The van der Waals surface area contributed by atoms with Crippen molar-refractivity contribution in [3.63, 3.8) is 0 Å². The number of aliphatic hydroxyl groups excluding tert-OH is 1. The van der Waals surface area contributed by atoms with E-state index in [-0.39, 0.29) is 0 Å². The minimum absolute atomic E-state index is 0.420.